The van der Waals surface area contributed by atoms with Crippen LogP contribution in [0.4, 0.5) is 4.39 Å². The van der Waals surface area contributed by atoms with Gasteiger partial charge in [0.25, 0.3) is 0 Å². The SMILES string of the molecule is OC(Cc1cc(Cl)ccc1F)C1C2CCCCC21. The van der Waals surface area contributed by atoms with Crippen molar-refractivity contribution in [3.05, 3.63) is 34.6 Å². The Balaban J connectivity index is 1.67. The molecule has 3 heteroatoms. The van der Waals surface area contributed by atoms with Gasteiger partial charge in [-0.1, -0.05) is 24.4 Å². The maximum absolute atomic E-state index is 13.6. The van der Waals surface area contributed by atoms with Crippen molar-refractivity contribution >= 4 is 11.6 Å². The van der Waals surface area contributed by atoms with E-state index in [-0.39, 0.29) is 5.82 Å². The highest BCUT2D eigenvalue weighted by Gasteiger charge is 2.53. The second-order valence-corrected chi connectivity index (χ2v) is 6.13. The number of rotatable bonds is 3. The third-order valence-corrected chi connectivity index (χ3v) is 4.84. The van der Waals surface area contributed by atoms with Crippen LogP contribution >= 0.6 is 11.6 Å². The van der Waals surface area contributed by atoms with Crippen LogP contribution in [-0.4, -0.2) is 11.2 Å². The van der Waals surface area contributed by atoms with Gasteiger partial charge in [-0.15, -0.1) is 0 Å². The first kappa shape index (κ1) is 12.4. The van der Waals surface area contributed by atoms with E-state index in [0.717, 1.165) is 0 Å². The van der Waals surface area contributed by atoms with Crippen LogP contribution in [-0.2, 0) is 6.42 Å². The van der Waals surface area contributed by atoms with Gasteiger partial charge in [-0.3, -0.25) is 0 Å². The highest BCUT2D eigenvalue weighted by molar-refractivity contribution is 6.30. The molecule has 0 spiro atoms. The number of halogens is 2. The summed E-state index contributed by atoms with van der Waals surface area (Å²) in [6, 6.07) is 4.56. The lowest BCUT2D eigenvalue weighted by molar-refractivity contribution is 0.139. The Hall–Kier alpha value is -0.600. The van der Waals surface area contributed by atoms with Crippen LogP contribution in [0.15, 0.2) is 18.2 Å². The van der Waals surface area contributed by atoms with Crippen molar-refractivity contribution in [1.29, 1.82) is 0 Å². The molecule has 0 saturated heterocycles. The summed E-state index contributed by atoms with van der Waals surface area (Å²) in [6.07, 6.45) is 5.04. The molecule has 2 aliphatic rings. The van der Waals surface area contributed by atoms with E-state index in [2.05, 4.69) is 0 Å². The summed E-state index contributed by atoms with van der Waals surface area (Å²) in [4.78, 5) is 0. The van der Waals surface area contributed by atoms with Gasteiger partial charge in [0.15, 0.2) is 0 Å². The van der Waals surface area contributed by atoms with Crippen LogP contribution in [0.5, 0.6) is 0 Å². The molecule has 2 aliphatic carbocycles. The fourth-order valence-electron chi connectivity index (χ4n) is 3.68. The summed E-state index contributed by atoms with van der Waals surface area (Å²) in [7, 11) is 0. The molecule has 0 aromatic heterocycles. The molecule has 3 unspecified atom stereocenters. The van der Waals surface area contributed by atoms with Gasteiger partial charge >= 0.3 is 0 Å². The normalized spacial score (nSPS) is 31.8. The van der Waals surface area contributed by atoms with Gasteiger partial charge < -0.3 is 5.11 Å². The van der Waals surface area contributed by atoms with Gasteiger partial charge in [0, 0.05) is 11.4 Å². The molecule has 0 aliphatic heterocycles. The van der Waals surface area contributed by atoms with E-state index in [4.69, 9.17) is 11.6 Å². The van der Waals surface area contributed by atoms with Crippen LogP contribution in [0, 0.1) is 23.6 Å². The van der Waals surface area contributed by atoms with Crippen molar-refractivity contribution < 1.29 is 9.50 Å². The van der Waals surface area contributed by atoms with Crippen molar-refractivity contribution in [1.82, 2.24) is 0 Å². The molecule has 1 N–H and O–H groups in total. The van der Waals surface area contributed by atoms with Gasteiger partial charge in [0.05, 0.1) is 6.10 Å². The molecule has 2 saturated carbocycles. The standard InChI is InChI=1S/C15H18ClFO/c16-10-5-6-13(17)9(7-10)8-14(18)15-11-3-1-2-4-12(11)15/h5-7,11-12,14-15,18H,1-4,8H2. The minimum atomic E-state index is -0.411. The number of aliphatic hydroxyl groups excluding tert-OH is 1. The molecule has 18 heavy (non-hydrogen) atoms. The van der Waals surface area contributed by atoms with Gasteiger partial charge in [-0.25, -0.2) is 4.39 Å². The first-order chi connectivity index (χ1) is 8.66. The summed E-state index contributed by atoms with van der Waals surface area (Å²) in [5, 5.41) is 10.8. The van der Waals surface area contributed by atoms with Gasteiger partial charge in [0.1, 0.15) is 5.82 Å². The Morgan fingerprint density at radius 1 is 1.28 bits per heavy atom. The van der Waals surface area contributed by atoms with E-state index < -0.39 is 6.10 Å². The van der Waals surface area contributed by atoms with Crippen LogP contribution < -0.4 is 0 Å². The molecular formula is C15H18ClFO. The molecule has 1 aromatic carbocycles. The van der Waals surface area contributed by atoms with Crippen molar-refractivity contribution in [2.45, 2.75) is 38.2 Å². The summed E-state index contributed by atoms with van der Waals surface area (Å²) < 4.78 is 13.6. The van der Waals surface area contributed by atoms with Crippen molar-refractivity contribution in [3.63, 3.8) is 0 Å². The molecule has 1 nitrogen and oxygen atoms in total. The Morgan fingerprint density at radius 3 is 2.61 bits per heavy atom. The average molecular weight is 269 g/mol. The third-order valence-electron chi connectivity index (χ3n) is 4.60. The second-order valence-electron chi connectivity index (χ2n) is 5.70. The summed E-state index contributed by atoms with van der Waals surface area (Å²) >= 11 is 5.87. The minimum Gasteiger partial charge on any atom is -0.392 e. The molecule has 0 radical (unpaired) electrons. The zero-order chi connectivity index (χ0) is 12.7. The number of hydrogen-bond acceptors (Lipinski definition) is 1. The van der Waals surface area contributed by atoms with E-state index in [0.29, 0.717) is 34.8 Å². The quantitative estimate of drug-likeness (QED) is 0.884. The third kappa shape index (κ3) is 2.28. The molecule has 3 rings (SSSR count). The number of hydrogen-bond donors (Lipinski definition) is 1. The summed E-state index contributed by atoms with van der Waals surface area (Å²) in [5.41, 5.74) is 0.540. The first-order valence-electron chi connectivity index (χ1n) is 6.79. The molecule has 0 bridgehead atoms. The first-order valence-corrected chi connectivity index (χ1v) is 7.16. The molecule has 2 fully saturated rings. The van der Waals surface area contributed by atoms with Crippen LogP contribution in [0.25, 0.3) is 0 Å². The zero-order valence-electron chi connectivity index (χ0n) is 10.3. The smallest absolute Gasteiger partial charge is 0.126 e. The van der Waals surface area contributed by atoms with Crippen LogP contribution in [0.2, 0.25) is 5.02 Å². The Morgan fingerprint density at radius 2 is 1.94 bits per heavy atom. The highest BCUT2D eigenvalue weighted by Crippen LogP contribution is 2.57. The highest BCUT2D eigenvalue weighted by atomic mass is 35.5. The van der Waals surface area contributed by atoms with Gasteiger partial charge in [0.2, 0.25) is 0 Å². The average Bonchev–Trinajstić information content (AvgIpc) is 3.08. The predicted octanol–water partition coefficient (Wildman–Crippen LogP) is 3.82. The second kappa shape index (κ2) is 4.82. The number of aliphatic hydroxyl groups is 1. The topological polar surface area (TPSA) is 20.2 Å². The fraction of sp³-hybridized carbons (Fsp3) is 0.600. The molecule has 3 atom stereocenters. The molecule has 0 heterocycles. The van der Waals surface area contributed by atoms with Crippen molar-refractivity contribution in [3.8, 4) is 0 Å². The predicted molar refractivity (Wildman–Crippen MR) is 70.1 cm³/mol. The van der Waals surface area contributed by atoms with E-state index >= 15 is 0 Å². The lowest BCUT2D eigenvalue weighted by Gasteiger charge is -2.11. The molecule has 98 valence electrons. The van der Waals surface area contributed by atoms with Crippen LogP contribution in [0.3, 0.4) is 0 Å². The molecular weight excluding hydrogens is 251 g/mol. The Labute approximate surface area is 112 Å². The van der Waals surface area contributed by atoms with Crippen molar-refractivity contribution in [2.75, 3.05) is 0 Å². The Kier molecular flexibility index (Phi) is 3.33. The fourth-order valence-corrected chi connectivity index (χ4v) is 3.87. The maximum atomic E-state index is 13.6. The van der Waals surface area contributed by atoms with Gasteiger partial charge in [-0.05, 0) is 54.4 Å². The monoisotopic (exact) mass is 268 g/mol. The van der Waals surface area contributed by atoms with E-state index in [1.807, 2.05) is 0 Å². The lowest BCUT2D eigenvalue weighted by atomic mass is 10.0. The minimum absolute atomic E-state index is 0.262. The Bertz CT molecular complexity index is 436. The summed E-state index contributed by atoms with van der Waals surface area (Å²) in [6.45, 7) is 0. The van der Waals surface area contributed by atoms with Gasteiger partial charge in [-0.2, -0.15) is 0 Å². The van der Waals surface area contributed by atoms with Crippen molar-refractivity contribution in [2.24, 2.45) is 17.8 Å². The molecule has 0 amide bonds. The van der Waals surface area contributed by atoms with E-state index in [9.17, 15) is 9.50 Å². The summed E-state index contributed by atoms with van der Waals surface area (Å²) in [5.74, 6) is 1.51. The lowest BCUT2D eigenvalue weighted by Crippen LogP contribution is -2.16. The molecule has 1 aromatic rings. The van der Waals surface area contributed by atoms with E-state index in [1.165, 1.54) is 31.7 Å². The maximum Gasteiger partial charge on any atom is 0.126 e. The zero-order valence-corrected chi connectivity index (χ0v) is 11.0. The number of fused-ring (bicyclic) bond motifs is 1. The number of benzene rings is 1. The van der Waals surface area contributed by atoms with Crippen LogP contribution in [0.1, 0.15) is 31.2 Å². The van der Waals surface area contributed by atoms with E-state index in [1.54, 1.807) is 12.1 Å². The largest absolute Gasteiger partial charge is 0.392 e.